The number of imidazole rings is 1. The van der Waals surface area contributed by atoms with Crippen molar-refractivity contribution in [2.24, 2.45) is 0 Å². The van der Waals surface area contributed by atoms with Gasteiger partial charge in [0.15, 0.2) is 0 Å². The van der Waals surface area contributed by atoms with Crippen molar-refractivity contribution >= 4 is 28.5 Å². The Balaban J connectivity index is 1.32. The maximum atomic E-state index is 12.4. The van der Waals surface area contributed by atoms with Crippen LogP contribution in [0, 0.1) is 0 Å². The molecule has 0 saturated heterocycles. The second kappa shape index (κ2) is 11.9. The number of aromatic nitrogens is 2. The lowest BCUT2D eigenvalue weighted by atomic mass is 10.0. The van der Waals surface area contributed by atoms with Gasteiger partial charge in [-0.05, 0) is 60.7 Å². The summed E-state index contributed by atoms with van der Waals surface area (Å²) in [6.45, 7) is 6.40. The standard InChI is InChI=1S/C29H32ClN3O2/c1-21(2)22-14-16-23(17-15-22)35-20-8-19-33-27-12-6-5-11-26(27)32-28(33)13-7-18-31-29(34)24-9-3-4-10-25(24)30/h3-6,9-12,14-17,21H,7-8,13,18-20H2,1-2H3,(H,31,34). The average Bonchev–Trinajstić information content (AvgIpc) is 3.22. The molecule has 3 aromatic carbocycles. The normalized spacial score (nSPS) is 11.2. The number of hydrogen-bond donors (Lipinski definition) is 1. The summed E-state index contributed by atoms with van der Waals surface area (Å²) in [6, 6.07) is 23.6. The number of rotatable bonds is 11. The molecule has 1 N–H and O–H groups in total. The fourth-order valence-electron chi connectivity index (χ4n) is 4.12. The van der Waals surface area contributed by atoms with Gasteiger partial charge in [-0.3, -0.25) is 4.79 Å². The third-order valence-electron chi connectivity index (χ3n) is 6.06. The van der Waals surface area contributed by atoms with E-state index in [0.717, 1.165) is 48.4 Å². The van der Waals surface area contributed by atoms with E-state index in [1.54, 1.807) is 12.1 Å². The van der Waals surface area contributed by atoms with Crippen LogP contribution >= 0.6 is 11.6 Å². The van der Waals surface area contributed by atoms with E-state index in [4.69, 9.17) is 21.3 Å². The van der Waals surface area contributed by atoms with E-state index in [0.29, 0.717) is 29.7 Å². The number of nitrogens with zero attached hydrogens (tertiary/aromatic N) is 2. The van der Waals surface area contributed by atoms with Gasteiger partial charge in [-0.15, -0.1) is 0 Å². The predicted molar refractivity (Wildman–Crippen MR) is 142 cm³/mol. The number of halogens is 1. The van der Waals surface area contributed by atoms with Crippen molar-refractivity contribution in [3.8, 4) is 5.75 Å². The lowest BCUT2D eigenvalue weighted by Crippen LogP contribution is -2.25. The van der Waals surface area contributed by atoms with Gasteiger partial charge in [-0.2, -0.15) is 0 Å². The monoisotopic (exact) mass is 489 g/mol. The van der Waals surface area contributed by atoms with Gasteiger partial charge in [0.1, 0.15) is 11.6 Å². The van der Waals surface area contributed by atoms with Crippen molar-refractivity contribution in [3.05, 3.63) is 94.8 Å². The molecule has 0 atom stereocenters. The third-order valence-corrected chi connectivity index (χ3v) is 6.39. The quantitative estimate of drug-likeness (QED) is 0.240. The molecule has 0 fully saturated rings. The number of aryl methyl sites for hydroxylation is 2. The Hall–Kier alpha value is -3.31. The number of carbonyl (C=O) groups is 1. The van der Waals surface area contributed by atoms with Gasteiger partial charge in [-0.1, -0.05) is 61.8 Å². The van der Waals surface area contributed by atoms with E-state index in [2.05, 4.69) is 41.9 Å². The van der Waals surface area contributed by atoms with Crippen molar-refractivity contribution in [2.75, 3.05) is 13.2 Å². The summed E-state index contributed by atoms with van der Waals surface area (Å²) in [5.74, 6) is 2.29. The summed E-state index contributed by atoms with van der Waals surface area (Å²) in [5, 5.41) is 3.43. The summed E-state index contributed by atoms with van der Waals surface area (Å²) in [6.07, 6.45) is 2.44. The average molecular weight is 490 g/mol. The van der Waals surface area contributed by atoms with Gasteiger partial charge in [0, 0.05) is 19.5 Å². The molecule has 1 amide bonds. The number of carbonyl (C=O) groups excluding carboxylic acids is 1. The molecule has 5 nitrogen and oxygen atoms in total. The molecule has 0 bridgehead atoms. The van der Waals surface area contributed by atoms with E-state index in [1.807, 2.05) is 42.5 Å². The first-order chi connectivity index (χ1) is 17.0. The van der Waals surface area contributed by atoms with E-state index < -0.39 is 0 Å². The Bertz CT molecular complexity index is 1260. The van der Waals surface area contributed by atoms with Crippen molar-refractivity contribution in [3.63, 3.8) is 0 Å². The highest BCUT2D eigenvalue weighted by Crippen LogP contribution is 2.20. The Morgan fingerprint density at radius 1 is 1.00 bits per heavy atom. The fraction of sp³-hybridized carbons (Fsp3) is 0.310. The molecule has 0 aliphatic carbocycles. The van der Waals surface area contributed by atoms with Crippen LogP contribution in [0.5, 0.6) is 5.75 Å². The van der Waals surface area contributed by atoms with E-state index in [9.17, 15) is 4.79 Å². The molecule has 4 rings (SSSR count). The molecule has 35 heavy (non-hydrogen) atoms. The predicted octanol–water partition coefficient (Wildman–Crippen LogP) is 6.64. The first kappa shape index (κ1) is 24.8. The van der Waals surface area contributed by atoms with Gasteiger partial charge in [-0.25, -0.2) is 4.98 Å². The minimum absolute atomic E-state index is 0.150. The zero-order valence-corrected chi connectivity index (χ0v) is 21.1. The van der Waals surface area contributed by atoms with Crippen LogP contribution in [0.3, 0.4) is 0 Å². The number of para-hydroxylation sites is 2. The highest BCUT2D eigenvalue weighted by atomic mass is 35.5. The maximum absolute atomic E-state index is 12.4. The van der Waals surface area contributed by atoms with Crippen LogP contribution in [0.1, 0.15) is 54.4 Å². The molecule has 0 aliphatic heterocycles. The van der Waals surface area contributed by atoms with Gasteiger partial charge in [0.2, 0.25) is 0 Å². The second-order valence-corrected chi connectivity index (χ2v) is 9.34. The number of hydrogen-bond acceptors (Lipinski definition) is 3. The van der Waals surface area contributed by atoms with Crippen molar-refractivity contribution < 1.29 is 9.53 Å². The topological polar surface area (TPSA) is 56.1 Å². The lowest BCUT2D eigenvalue weighted by Gasteiger charge is -2.12. The summed E-state index contributed by atoms with van der Waals surface area (Å²) in [4.78, 5) is 17.3. The molecule has 0 unspecified atom stereocenters. The minimum Gasteiger partial charge on any atom is -0.494 e. The fourth-order valence-corrected chi connectivity index (χ4v) is 4.34. The smallest absolute Gasteiger partial charge is 0.252 e. The van der Waals surface area contributed by atoms with Crippen LogP contribution < -0.4 is 10.1 Å². The summed E-state index contributed by atoms with van der Waals surface area (Å²) in [5.41, 5.74) is 3.94. The highest BCUT2D eigenvalue weighted by molar-refractivity contribution is 6.33. The van der Waals surface area contributed by atoms with Crippen LogP contribution in [0.2, 0.25) is 5.02 Å². The number of amides is 1. The highest BCUT2D eigenvalue weighted by Gasteiger charge is 2.12. The van der Waals surface area contributed by atoms with E-state index in [1.165, 1.54) is 5.56 Å². The summed E-state index contributed by atoms with van der Waals surface area (Å²) < 4.78 is 8.25. The molecule has 6 heteroatoms. The second-order valence-electron chi connectivity index (χ2n) is 8.93. The molecule has 4 aromatic rings. The van der Waals surface area contributed by atoms with Gasteiger partial charge in [0.25, 0.3) is 5.91 Å². The van der Waals surface area contributed by atoms with Crippen LogP contribution in [0.4, 0.5) is 0 Å². The third kappa shape index (κ3) is 6.43. The van der Waals surface area contributed by atoms with Gasteiger partial charge in [0.05, 0.1) is 28.2 Å². The molecule has 1 heterocycles. The summed E-state index contributed by atoms with van der Waals surface area (Å²) >= 11 is 6.13. The van der Waals surface area contributed by atoms with Crippen LogP contribution in [0.25, 0.3) is 11.0 Å². The Labute approximate surface area is 212 Å². The molecule has 0 aliphatic rings. The maximum Gasteiger partial charge on any atom is 0.252 e. The van der Waals surface area contributed by atoms with Gasteiger partial charge < -0.3 is 14.6 Å². The van der Waals surface area contributed by atoms with E-state index >= 15 is 0 Å². The zero-order chi connectivity index (χ0) is 24.6. The van der Waals surface area contributed by atoms with Crippen molar-refractivity contribution in [1.82, 2.24) is 14.9 Å². The first-order valence-corrected chi connectivity index (χ1v) is 12.6. The Kier molecular flexibility index (Phi) is 8.43. The molecule has 1 aromatic heterocycles. The number of fused-ring (bicyclic) bond motifs is 1. The zero-order valence-electron chi connectivity index (χ0n) is 20.3. The van der Waals surface area contributed by atoms with Crippen molar-refractivity contribution in [2.45, 2.75) is 45.6 Å². The largest absolute Gasteiger partial charge is 0.494 e. The Morgan fingerprint density at radius 3 is 2.51 bits per heavy atom. The molecular formula is C29H32ClN3O2. The molecule has 0 spiro atoms. The minimum atomic E-state index is -0.150. The van der Waals surface area contributed by atoms with Gasteiger partial charge >= 0.3 is 0 Å². The van der Waals surface area contributed by atoms with Crippen LogP contribution in [0.15, 0.2) is 72.8 Å². The lowest BCUT2D eigenvalue weighted by molar-refractivity contribution is 0.0953. The number of nitrogens with one attached hydrogen (secondary N) is 1. The first-order valence-electron chi connectivity index (χ1n) is 12.2. The molecule has 0 saturated carbocycles. The SMILES string of the molecule is CC(C)c1ccc(OCCCn2c(CCCNC(=O)c3ccccc3Cl)nc3ccccc32)cc1. The number of benzene rings is 3. The van der Waals surface area contributed by atoms with Crippen molar-refractivity contribution in [1.29, 1.82) is 0 Å². The number of ether oxygens (including phenoxy) is 1. The molecular weight excluding hydrogens is 458 g/mol. The summed E-state index contributed by atoms with van der Waals surface area (Å²) in [7, 11) is 0. The molecule has 182 valence electrons. The van der Waals surface area contributed by atoms with Crippen LogP contribution in [-0.4, -0.2) is 28.6 Å². The Morgan fingerprint density at radius 2 is 1.74 bits per heavy atom. The van der Waals surface area contributed by atoms with E-state index in [-0.39, 0.29) is 5.91 Å². The van der Waals surface area contributed by atoms with Crippen LogP contribution in [-0.2, 0) is 13.0 Å². The molecule has 0 radical (unpaired) electrons.